The Morgan fingerprint density at radius 2 is 1.59 bits per heavy atom. The zero-order chi connectivity index (χ0) is 25.5. The van der Waals surface area contributed by atoms with Crippen LogP contribution in [-0.2, 0) is 0 Å². The summed E-state index contributed by atoms with van der Waals surface area (Å²) in [7, 11) is 0. The highest BCUT2D eigenvalue weighted by Crippen LogP contribution is 2.75. The molecule has 0 aromatic heterocycles. The van der Waals surface area contributed by atoms with Crippen LogP contribution < -0.4 is 0 Å². The van der Waals surface area contributed by atoms with E-state index in [0.29, 0.717) is 24.7 Å². The van der Waals surface area contributed by atoms with Gasteiger partial charge in [0.05, 0.1) is 23.9 Å². The molecule has 4 rings (SSSR count). The minimum atomic E-state index is -0.916. The molecule has 0 amide bonds. The summed E-state index contributed by atoms with van der Waals surface area (Å²) in [6.07, 6.45) is 6.72. The van der Waals surface area contributed by atoms with E-state index in [4.69, 9.17) is 0 Å². The Balaban J connectivity index is 1.64. The molecule has 4 fully saturated rings. The van der Waals surface area contributed by atoms with Crippen molar-refractivity contribution in [2.24, 2.45) is 45.3 Å². The van der Waals surface area contributed by atoms with Gasteiger partial charge in [-0.25, -0.2) is 0 Å². The summed E-state index contributed by atoms with van der Waals surface area (Å²) < 4.78 is 0. The van der Waals surface area contributed by atoms with Gasteiger partial charge >= 0.3 is 0 Å². The van der Waals surface area contributed by atoms with Crippen LogP contribution in [0, 0.1) is 45.3 Å². The summed E-state index contributed by atoms with van der Waals surface area (Å²) in [6.45, 7) is 19.5. The second-order valence-electron chi connectivity index (χ2n) is 14.6. The quantitative estimate of drug-likeness (QED) is 0.397. The van der Waals surface area contributed by atoms with Crippen LogP contribution in [0.5, 0.6) is 0 Å². The summed E-state index contributed by atoms with van der Waals surface area (Å²) in [5, 5.41) is 44.5. The van der Waals surface area contributed by atoms with Crippen LogP contribution in [0.4, 0.5) is 0 Å². The second kappa shape index (κ2) is 8.30. The highest BCUT2D eigenvalue weighted by Gasteiger charge is 2.71. The molecule has 0 heterocycles. The number of rotatable bonds is 5. The third-order valence-electron chi connectivity index (χ3n) is 12.7. The first-order valence-electron chi connectivity index (χ1n) is 13.9. The lowest BCUT2D eigenvalue weighted by atomic mass is 9.35. The van der Waals surface area contributed by atoms with E-state index in [1.165, 1.54) is 0 Å². The maximum absolute atomic E-state index is 11.8. The third-order valence-corrected chi connectivity index (χ3v) is 12.7. The largest absolute Gasteiger partial charge is 0.393 e. The van der Waals surface area contributed by atoms with Crippen molar-refractivity contribution in [3.8, 4) is 0 Å². The Morgan fingerprint density at radius 3 is 2.21 bits per heavy atom. The Kier molecular flexibility index (Phi) is 6.50. The smallest absolute Gasteiger partial charge is 0.0745 e. The van der Waals surface area contributed by atoms with Gasteiger partial charge in [-0.2, -0.15) is 0 Å². The predicted octanol–water partition coefficient (Wildman–Crippen LogP) is 5.47. The molecule has 4 nitrogen and oxygen atoms in total. The van der Waals surface area contributed by atoms with Crippen LogP contribution in [0.3, 0.4) is 0 Å². The second-order valence-corrected chi connectivity index (χ2v) is 14.6. The van der Waals surface area contributed by atoms with Crippen LogP contribution in [0.1, 0.15) is 106 Å². The number of aliphatic hydroxyl groups is 4. The zero-order valence-electron chi connectivity index (χ0n) is 22.9. The van der Waals surface area contributed by atoms with Gasteiger partial charge in [-0.3, -0.25) is 0 Å². The molecule has 0 aromatic rings. The standard InChI is InChI=1S/C30H52O4/c1-18(2)20(31)10-16-30(8,34)19-9-14-29(7)25(19)21(32)17-23-27(5)13-12-24(33)26(3,4)22(27)11-15-28(23,29)6/h19-25,31-34H,1,9-17H2,2-8H3/t19-,20-,21-,22+,23-,24-,25-,27+,28-,29-,30+/m1/s1. The van der Waals surface area contributed by atoms with Gasteiger partial charge in [0.1, 0.15) is 0 Å². The van der Waals surface area contributed by atoms with Crippen LogP contribution in [0.25, 0.3) is 0 Å². The first kappa shape index (κ1) is 26.6. The van der Waals surface area contributed by atoms with Gasteiger partial charge in [-0.05, 0) is 117 Å². The Hall–Kier alpha value is -0.420. The fourth-order valence-electron chi connectivity index (χ4n) is 10.3. The molecule has 0 bridgehead atoms. The molecule has 0 spiro atoms. The van der Waals surface area contributed by atoms with Gasteiger partial charge in [0.2, 0.25) is 0 Å². The average molecular weight is 477 g/mol. The molecule has 34 heavy (non-hydrogen) atoms. The summed E-state index contributed by atoms with van der Waals surface area (Å²) in [6, 6.07) is 0. The fourth-order valence-corrected chi connectivity index (χ4v) is 10.3. The molecule has 196 valence electrons. The Labute approximate surface area is 208 Å². The first-order valence-corrected chi connectivity index (χ1v) is 13.9. The van der Waals surface area contributed by atoms with E-state index in [9.17, 15) is 20.4 Å². The Bertz CT molecular complexity index is 804. The van der Waals surface area contributed by atoms with E-state index in [1.807, 2.05) is 13.8 Å². The summed E-state index contributed by atoms with van der Waals surface area (Å²) in [5.74, 6) is 1.01. The number of fused-ring (bicyclic) bond motifs is 5. The minimum Gasteiger partial charge on any atom is -0.393 e. The molecule has 4 heteroatoms. The predicted molar refractivity (Wildman–Crippen MR) is 137 cm³/mol. The van der Waals surface area contributed by atoms with E-state index in [-0.39, 0.29) is 39.6 Å². The van der Waals surface area contributed by atoms with E-state index in [2.05, 4.69) is 41.2 Å². The van der Waals surface area contributed by atoms with Crippen LogP contribution in [-0.4, -0.2) is 44.3 Å². The molecule has 4 aliphatic rings. The summed E-state index contributed by atoms with van der Waals surface area (Å²) >= 11 is 0. The highest BCUT2D eigenvalue weighted by molar-refractivity contribution is 5.20. The van der Waals surface area contributed by atoms with E-state index in [0.717, 1.165) is 50.5 Å². The monoisotopic (exact) mass is 476 g/mol. The molecule has 4 N–H and O–H groups in total. The van der Waals surface area contributed by atoms with Crippen molar-refractivity contribution in [3.63, 3.8) is 0 Å². The molecule has 0 saturated heterocycles. The third kappa shape index (κ3) is 3.60. The number of hydrogen-bond donors (Lipinski definition) is 4. The summed E-state index contributed by atoms with van der Waals surface area (Å²) in [5.41, 5.74) is -0.0556. The molecule has 0 aliphatic heterocycles. The fraction of sp³-hybridized carbons (Fsp3) is 0.933. The lowest BCUT2D eigenvalue weighted by molar-refractivity contribution is -0.246. The highest BCUT2D eigenvalue weighted by atomic mass is 16.3. The average Bonchev–Trinajstić information content (AvgIpc) is 3.12. The molecule has 0 radical (unpaired) electrons. The van der Waals surface area contributed by atoms with Crippen molar-refractivity contribution in [2.75, 3.05) is 0 Å². The van der Waals surface area contributed by atoms with Crippen molar-refractivity contribution in [1.82, 2.24) is 0 Å². The normalized spacial score (nSPS) is 50.4. The van der Waals surface area contributed by atoms with Crippen LogP contribution in [0.15, 0.2) is 12.2 Å². The van der Waals surface area contributed by atoms with E-state index < -0.39 is 17.8 Å². The molecule has 0 aromatic carbocycles. The maximum atomic E-state index is 11.8. The molecule has 4 aliphatic carbocycles. The van der Waals surface area contributed by atoms with Gasteiger partial charge in [0.25, 0.3) is 0 Å². The van der Waals surface area contributed by atoms with Gasteiger partial charge in [0.15, 0.2) is 0 Å². The van der Waals surface area contributed by atoms with Crippen LogP contribution in [0.2, 0.25) is 0 Å². The maximum Gasteiger partial charge on any atom is 0.0745 e. The van der Waals surface area contributed by atoms with E-state index in [1.54, 1.807) is 0 Å². The Morgan fingerprint density at radius 1 is 0.971 bits per heavy atom. The number of aliphatic hydroxyl groups excluding tert-OH is 3. The van der Waals surface area contributed by atoms with Crippen molar-refractivity contribution in [2.45, 2.75) is 130 Å². The summed E-state index contributed by atoms with van der Waals surface area (Å²) in [4.78, 5) is 0. The molecular formula is C30H52O4. The topological polar surface area (TPSA) is 80.9 Å². The van der Waals surface area contributed by atoms with Gasteiger partial charge in [0, 0.05) is 0 Å². The number of hydrogen-bond acceptors (Lipinski definition) is 4. The van der Waals surface area contributed by atoms with Gasteiger partial charge < -0.3 is 20.4 Å². The SMILES string of the molecule is C=C(C)[C@H](O)CC[C@](C)(O)[C@@H]1CC[C@]2(C)[C@H]1[C@H](O)C[C@@H]1[C@@]3(C)CC[C@@H](O)C(C)(C)[C@@H]3CC[C@]12C. The molecule has 11 atom stereocenters. The van der Waals surface area contributed by atoms with E-state index >= 15 is 0 Å². The van der Waals surface area contributed by atoms with Crippen molar-refractivity contribution >= 4 is 0 Å². The molecular weight excluding hydrogens is 424 g/mol. The zero-order valence-corrected chi connectivity index (χ0v) is 22.9. The molecule has 4 saturated carbocycles. The minimum absolute atomic E-state index is 0.0227. The lowest BCUT2D eigenvalue weighted by Crippen LogP contribution is -2.66. The van der Waals surface area contributed by atoms with Crippen molar-refractivity contribution in [3.05, 3.63) is 12.2 Å². The van der Waals surface area contributed by atoms with Crippen molar-refractivity contribution < 1.29 is 20.4 Å². The lowest BCUT2D eigenvalue weighted by Gasteiger charge is -2.70. The van der Waals surface area contributed by atoms with Gasteiger partial charge in [-0.1, -0.05) is 46.8 Å². The van der Waals surface area contributed by atoms with Gasteiger partial charge in [-0.15, -0.1) is 0 Å². The van der Waals surface area contributed by atoms with Crippen LogP contribution >= 0.6 is 0 Å². The van der Waals surface area contributed by atoms with Crippen molar-refractivity contribution in [1.29, 1.82) is 0 Å². The first-order chi connectivity index (χ1) is 15.5. The molecule has 0 unspecified atom stereocenters.